The normalized spacial score (nSPS) is 11.4. The Hall–Kier alpha value is -2.96. The number of nitrogens with zero attached hydrogens (tertiary/aromatic N) is 4. The Labute approximate surface area is 111 Å². The van der Waals surface area contributed by atoms with Crippen molar-refractivity contribution in [2.45, 2.75) is 6.92 Å². The molecule has 0 saturated heterocycles. The van der Waals surface area contributed by atoms with Crippen LogP contribution >= 0.6 is 0 Å². The van der Waals surface area contributed by atoms with E-state index in [0.29, 0.717) is 23.1 Å². The summed E-state index contributed by atoms with van der Waals surface area (Å²) >= 11 is 0. The number of fused-ring (bicyclic) bond motifs is 3. The maximum Gasteiger partial charge on any atom is 0.348 e. The van der Waals surface area contributed by atoms with E-state index in [9.17, 15) is 4.79 Å². The van der Waals surface area contributed by atoms with Crippen LogP contribution in [0.2, 0.25) is 0 Å². The van der Waals surface area contributed by atoms with Gasteiger partial charge in [-0.1, -0.05) is 12.1 Å². The van der Waals surface area contributed by atoms with Crippen molar-refractivity contribution in [1.82, 2.24) is 24.6 Å². The average molecular weight is 267 g/mol. The molecule has 0 atom stereocenters. The largest absolute Gasteiger partial charge is 0.449 e. The topological polar surface area (TPSA) is 89.1 Å². The molecule has 0 amide bonds. The number of aromatic nitrogens is 5. The summed E-state index contributed by atoms with van der Waals surface area (Å²) in [5.41, 5.74) is 1.40. The number of oxazole rings is 1. The number of nitrogens with one attached hydrogen (secondary N) is 1. The highest BCUT2D eigenvalue weighted by Gasteiger charge is 2.14. The molecule has 3 heterocycles. The standard InChI is InChI=1S/C13H9N5O2/c1-7-14-10(6-20-7)11-16-12-8-4-2-3-5-9(8)15-13(19)18(12)17-11/h2-6H,1H3,(H,15,19). The summed E-state index contributed by atoms with van der Waals surface area (Å²) in [5.74, 6) is 0.890. The fraction of sp³-hybridized carbons (Fsp3) is 0.0769. The first-order chi connectivity index (χ1) is 9.72. The number of para-hydroxylation sites is 1. The molecular weight excluding hydrogens is 258 g/mol. The summed E-state index contributed by atoms with van der Waals surface area (Å²) in [6, 6.07) is 7.45. The van der Waals surface area contributed by atoms with E-state index in [4.69, 9.17) is 4.42 Å². The lowest BCUT2D eigenvalue weighted by Crippen LogP contribution is -2.17. The van der Waals surface area contributed by atoms with Crippen LogP contribution in [0.4, 0.5) is 0 Å². The van der Waals surface area contributed by atoms with Crippen LogP contribution in [-0.4, -0.2) is 24.6 Å². The van der Waals surface area contributed by atoms with Gasteiger partial charge >= 0.3 is 5.69 Å². The van der Waals surface area contributed by atoms with E-state index in [1.54, 1.807) is 6.92 Å². The monoisotopic (exact) mass is 267 g/mol. The SMILES string of the molecule is Cc1nc(-c2nc3c4ccccc4[nH]c(=O)n3n2)co1. The van der Waals surface area contributed by atoms with E-state index in [1.807, 2.05) is 24.3 Å². The highest BCUT2D eigenvalue weighted by Crippen LogP contribution is 2.19. The van der Waals surface area contributed by atoms with Crippen molar-refractivity contribution in [3.63, 3.8) is 0 Å². The second kappa shape index (κ2) is 3.77. The van der Waals surface area contributed by atoms with E-state index < -0.39 is 0 Å². The van der Waals surface area contributed by atoms with Gasteiger partial charge in [-0.05, 0) is 12.1 Å². The number of benzene rings is 1. The highest BCUT2D eigenvalue weighted by molar-refractivity contribution is 5.91. The molecule has 3 aromatic heterocycles. The summed E-state index contributed by atoms with van der Waals surface area (Å²) in [6.07, 6.45) is 1.47. The first-order valence-electron chi connectivity index (χ1n) is 6.03. The van der Waals surface area contributed by atoms with E-state index >= 15 is 0 Å². The molecule has 0 unspecified atom stereocenters. The number of aryl methyl sites for hydroxylation is 1. The summed E-state index contributed by atoms with van der Waals surface area (Å²) in [5, 5.41) is 5.01. The molecule has 0 aliphatic carbocycles. The molecule has 20 heavy (non-hydrogen) atoms. The van der Waals surface area contributed by atoms with Crippen LogP contribution in [0.5, 0.6) is 0 Å². The van der Waals surface area contributed by atoms with Crippen LogP contribution in [0.3, 0.4) is 0 Å². The number of hydrogen-bond donors (Lipinski definition) is 1. The highest BCUT2D eigenvalue weighted by atomic mass is 16.3. The predicted molar refractivity (Wildman–Crippen MR) is 71.3 cm³/mol. The van der Waals surface area contributed by atoms with Crippen molar-refractivity contribution in [1.29, 1.82) is 0 Å². The predicted octanol–water partition coefficient (Wildman–Crippen LogP) is 1.53. The van der Waals surface area contributed by atoms with Gasteiger partial charge < -0.3 is 9.40 Å². The van der Waals surface area contributed by atoms with Gasteiger partial charge in [0.1, 0.15) is 12.0 Å². The summed E-state index contributed by atoms with van der Waals surface area (Å²) < 4.78 is 6.38. The molecule has 1 N–H and O–H groups in total. The molecular formula is C13H9N5O2. The van der Waals surface area contributed by atoms with Gasteiger partial charge in [-0.2, -0.15) is 4.52 Å². The molecule has 7 heteroatoms. The maximum atomic E-state index is 12.0. The van der Waals surface area contributed by atoms with E-state index in [2.05, 4.69) is 20.1 Å². The lowest BCUT2D eigenvalue weighted by atomic mass is 10.2. The van der Waals surface area contributed by atoms with Crippen LogP contribution in [-0.2, 0) is 0 Å². The Morgan fingerprint density at radius 2 is 2.10 bits per heavy atom. The maximum absolute atomic E-state index is 12.0. The molecule has 4 rings (SSSR count). The number of rotatable bonds is 1. The minimum Gasteiger partial charge on any atom is -0.449 e. The fourth-order valence-corrected chi connectivity index (χ4v) is 2.16. The average Bonchev–Trinajstić information content (AvgIpc) is 3.05. The van der Waals surface area contributed by atoms with Crippen LogP contribution in [0.25, 0.3) is 28.1 Å². The molecule has 4 aromatic rings. The van der Waals surface area contributed by atoms with Crippen LogP contribution < -0.4 is 5.69 Å². The Morgan fingerprint density at radius 1 is 1.25 bits per heavy atom. The van der Waals surface area contributed by atoms with Gasteiger partial charge in [0.2, 0.25) is 5.82 Å². The lowest BCUT2D eigenvalue weighted by molar-refractivity contribution is 0.521. The molecule has 0 bridgehead atoms. The molecule has 0 aliphatic heterocycles. The van der Waals surface area contributed by atoms with Gasteiger partial charge in [-0.15, -0.1) is 5.10 Å². The minimum absolute atomic E-state index is 0.335. The lowest BCUT2D eigenvalue weighted by Gasteiger charge is -1.97. The number of aromatic amines is 1. The van der Waals surface area contributed by atoms with E-state index in [-0.39, 0.29) is 5.69 Å². The van der Waals surface area contributed by atoms with Gasteiger partial charge in [0.25, 0.3) is 0 Å². The molecule has 1 aromatic carbocycles. The van der Waals surface area contributed by atoms with Crippen LogP contribution in [0, 0.1) is 6.92 Å². The number of hydrogen-bond acceptors (Lipinski definition) is 5. The quantitative estimate of drug-likeness (QED) is 0.565. The van der Waals surface area contributed by atoms with Gasteiger partial charge in [-0.3, -0.25) is 0 Å². The van der Waals surface area contributed by atoms with Crippen molar-refractivity contribution in [2.24, 2.45) is 0 Å². The van der Waals surface area contributed by atoms with Gasteiger partial charge in [0.05, 0.1) is 5.52 Å². The molecule has 0 radical (unpaired) electrons. The second-order valence-electron chi connectivity index (χ2n) is 4.40. The third-order valence-corrected chi connectivity index (χ3v) is 3.06. The van der Waals surface area contributed by atoms with E-state index in [0.717, 1.165) is 10.9 Å². The molecule has 98 valence electrons. The van der Waals surface area contributed by atoms with Gasteiger partial charge in [-0.25, -0.2) is 14.8 Å². The van der Waals surface area contributed by atoms with Crippen LogP contribution in [0.15, 0.2) is 39.7 Å². The number of H-pyrrole nitrogens is 1. The first-order valence-corrected chi connectivity index (χ1v) is 6.03. The molecule has 0 saturated carbocycles. The second-order valence-corrected chi connectivity index (χ2v) is 4.40. The first kappa shape index (κ1) is 10.9. The molecule has 7 nitrogen and oxygen atoms in total. The van der Waals surface area contributed by atoms with Crippen molar-refractivity contribution in [3.8, 4) is 11.5 Å². The van der Waals surface area contributed by atoms with Crippen molar-refractivity contribution < 1.29 is 4.42 Å². The molecule has 0 spiro atoms. The zero-order valence-corrected chi connectivity index (χ0v) is 10.5. The third kappa shape index (κ3) is 1.46. The summed E-state index contributed by atoms with van der Waals surface area (Å²) in [4.78, 5) is 23.3. The molecule has 0 aliphatic rings. The minimum atomic E-state index is -0.335. The fourth-order valence-electron chi connectivity index (χ4n) is 2.16. The van der Waals surface area contributed by atoms with Gasteiger partial charge in [0, 0.05) is 12.3 Å². The summed E-state index contributed by atoms with van der Waals surface area (Å²) in [6.45, 7) is 1.74. The molecule has 0 fully saturated rings. The Kier molecular flexibility index (Phi) is 2.06. The Morgan fingerprint density at radius 3 is 2.90 bits per heavy atom. The summed E-state index contributed by atoms with van der Waals surface area (Å²) in [7, 11) is 0. The van der Waals surface area contributed by atoms with Crippen LogP contribution in [0.1, 0.15) is 5.89 Å². The third-order valence-electron chi connectivity index (χ3n) is 3.06. The van der Waals surface area contributed by atoms with Crippen molar-refractivity contribution in [2.75, 3.05) is 0 Å². The van der Waals surface area contributed by atoms with E-state index in [1.165, 1.54) is 10.8 Å². The van der Waals surface area contributed by atoms with Crippen molar-refractivity contribution in [3.05, 3.63) is 46.9 Å². The Balaban J connectivity index is 2.10. The smallest absolute Gasteiger partial charge is 0.348 e. The Bertz CT molecular complexity index is 995. The zero-order chi connectivity index (χ0) is 13.7. The zero-order valence-electron chi connectivity index (χ0n) is 10.5. The van der Waals surface area contributed by atoms with Gasteiger partial charge in [0.15, 0.2) is 11.5 Å². The van der Waals surface area contributed by atoms with Crippen molar-refractivity contribution >= 4 is 16.6 Å².